The molecule has 2 N–H and O–H groups in total. The Balaban J connectivity index is 2.23. The Labute approximate surface area is 107 Å². The molecule has 0 aromatic carbocycles. The molecule has 96 valence electrons. The molecular weight excluding hydrogens is 232 g/mol. The monoisotopic (exact) mass is 254 g/mol. The lowest BCUT2D eigenvalue weighted by Gasteiger charge is -2.36. The molecule has 0 spiro atoms. The summed E-state index contributed by atoms with van der Waals surface area (Å²) in [5, 5.41) is 1.21. The zero-order valence-electron chi connectivity index (χ0n) is 11.1. The van der Waals surface area contributed by atoms with Crippen LogP contribution in [-0.4, -0.2) is 48.5 Å². The summed E-state index contributed by atoms with van der Waals surface area (Å²) in [4.78, 5) is 10.7. The summed E-state index contributed by atoms with van der Waals surface area (Å²) in [5.41, 5.74) is 7.06. The molecule has 1 aliphatic rings. The predicted molar refractivity (Wildman–Crippen MR) is 72.3 cm³/mol. The minimum atomic E-state index is 0.0906. The van der Waals surface area contributed by atoms with Crippen molar-refractivity contribution in [2.45, 2.75) is 25.9 Å². The van der Waals surface area contributed by atoms with Crippen molar-refractivity contribution in [1.29, 1.82) is 0 Å². The second-order valence-electron chi connectivity index (χ2n) is 5.05. The molecule has 1 aliphatic heterocycles. The van der Waals surface area contributed by atoms with Gasteiger partial charge in [0.2, 0.25) is 0 Å². The second-order valence-corrected chi connectivity index (χ2v) is 6.11. The average molecular weight is 254 g/mol. The first-order valence-corrected chi connectivity index (χ1v) is 6.92. The molecule has 5 heteroatoms. The van der Waals surface area contributed by atoms with E-state index in [0.717, 1.165) is 25.3 Å². The van der Waals surface area contributed by atoms with Gasteiger partial charge in [-0.15, -0.1) is 11.3 Å². The minimum Gasteiger partial charge on any atom is -0.323 e. The van der Waals surface area contributed by atoms with Crippen LogP contribution < -0.4 is 5.73 Å². The van der Waals surface area contributed by atoms with Crippen molar-refractivity contribution in [2.75, 3.05) is 33.7 Å². The first kappa shape index (κ1) is 13.0. The Kier molecular flexibility index (Phi) is 3.82. The molecule has 2 rings (SSSR count). The summed E-state index contributed by atoms with van der Waals surface area (Å²) in [6, 6.07) is 0.512. The molecule has 4 nitrogen and oxygen atoms in total. The van der Waals surface area contributed by atoms with Crippen LogP contribution in [0.15, 0.2) is 0 Å². The van der Waals surface area contributed by atoms with Gasteiger partial charge in [-0.3, -0.25) is 4.90 Å². The highest BCUT2D eigenvalue weighted by atomic mass is 32.1. The Morgan fingerprint density at radius 1 is 1.41 bits per heavy atom. The maximum absolute atomic E-state index is 5.97. The number of thiazole rings is 1. The van der Waals surface area contributed by atoms with Crippen molar-refractivity contribution in [3.63, 3.8) is 0 Å². The molecule has 2 heterocycles. The van der Waals surface area contributed by atoms with Gasteiger partial charge in [0.25, 0.3) is 0 Å². The van der Waals surface area contributed by atoms with Gasteiger partial charge in [-0.05, 0) is 27.9 Å². The van der Waals surface area contributed by atoms with E-state index in [-0.39, 0.29) is 6.04 Å². The van der Waals surface area contributed by atoms with Crippen molar-refractivity contribution in [1.82, 2.24) is 14.8 Å². The third-order valence-electron chi connectivity index (χ3n) is 3.40. The van der Waals surface area contributed by atoms with Crippen molar-refractivity contribution < 1.29 is 0 Å². The van der Waals surface area contributed by atoms with Crippen LogP contribution in [0, 0.1) is 6.92 Å². The molecule has 0 aliphatic carbocycles. The van der Waals surface area contributed by atoms with Crippen LogP contribution in [-0.2, 0) is 0 Å². The van der Waals surface area contributed by atoms with Crippen LogP contribution in [0.25, 0.3) is 0 Å². The van der Waals surface area contributed by atoms with Crippen LogP contribution in [0.4, 0.5) is 0 Å². The van der Waals surface area contributed by atoms with Crippen molar-refractivity contribution in [2.24, 2.45) is 5.73 Å². The first-order valence-electron chi connectivity index (χ1n) is 6.10. The fourth-order valence-electron chi connectivity index (χ4n) is 2.27. The fraction of sp³-hybridized carbons (Fsp3) is 0.750. The van der Waals surface area contributed by atoms with E-state index in [1.165, 1.54) is 9.88 Å². The molecule has 1 fully saturated rings. The highest BCUT2D eigenvalue weighted by Gasteiger charge is 2.27. The van der Waals surface area contributed by atoms with Crippen LogP contribution in [0.2, 0.25) is 0 Å². The average Bonchev–Trinajstić information content (AvgIpc) is 2.64. The van der Waals surface area contributed by atoms with E-state index < -0.39 is 0 Å². The Morgan fingerprint density at radius 2 is 2.12 bits per heavy atom. The third-order valence-corrected chi connectivity index (χ3v) is 4.86. The lowest BCUT2D eigenvalue weighted by atomic mass is 10.2. The van der Waals surface area contributed by atoms with Crippen LogP contribution in [0.3, 0.4) is 0 Å². The van der Waals surface area contributed by atoms with Crippen LogP contribution in [0.1, 0.15) is 34.6 Å². The van der Waals surface area contributed by atoms with Crippen LogP contribution in [0.5, 0.6) is 0 Å². The van der Waals surface area contributed by atoms with E-state index >= 15 is 0 Å². The molecule has 2 atom stereocenters. The zero-order chi connectivity index (χ0) is 12.6. The molecule has 1 saturated heterocycles. The van der Waals surface area contributed by atoms with Gasteiger partial charge in [0.05, 0.1) is 11.7 Å². The van der Waals surface area contributed by atoms with Gasteiger partial charge < -0.3 is 10.6 Å². The number of aryl methyl sites for hydroxylation is 1. The zero-order valence-corrected chi connectivity index (χ0v) is 11.9. The number of likely N-dealkylation sites (N-methyl/N-ethyl adjacent to an activating group) is 2. The van der Waals surface area contributed by atoms with Gasteiger partial charge in [0, 0.05) is 30.6 Å². The third kappa shape index (κ3) is 2.68. The topological polar surface area (TPSA) is 45.4 Å². The van der Waals surface area contributed by atoms with E-state index in [9.17, 15) is 0 Å². The molecule has 1 aromatic heterocycles. The molecule has 1 aromatic rings. The molecular formula is C12H22N4S. The smallest absolute Gasteiger partial charge is 0.112 e. The number of nitrogens with two attached hydrogens (primary N) is 1. The SMILES string of the molecule is Cc1nc(C2CN(C)CCN2C)sc1C(C)N. The summed E-state index contributed by atoms with van der Waals surface area (Å²) in [7, 11) is 4.35. The first-order chi connectivity index (χ1) is 7.99. The largest absolute Gasteiger partial charge is 0.323 e. The van der Waals surface area contributed by atoms with Gasteiger partial charge in [0.15, 0.2) is 0 Å². The lowest BCUT2D eigenvalue weighted by Crippen LogP contribution is -2.44. The van der Waals surface area contributed by atoms with E-state index in [1.54, 1.807) is 11.3 Å². The molecule has 0 bridgehead atoms. The molecule has 0 amide bonds. The van der Waals surface area contributed by atoms with Gasteiger partial charge in [-0.25, -0.2) is 4.98 Å². The number of hydrogen-bond acceptors (Lipinski definition) is 5. The maximum atomic E-state index is 5.97. The van der Waals surface area contributed by atoms with E-state index in [4.69, 9.17) is 10.7 Å². The molecule has 2 unspecified atom stereocenters. The maximum Gasteiger partial charge on any atom is 0.112 e. The van der Waals surface area contributed by atoms with Crippen molar-refractivity contribution in [3.05, 3.63) is 15.6 Å². The molecule has 17 heavy (non-hydrogen) atoms. The number of piperazine rings is 1. The standard InChI is InChI=1S/C12H22N4S/c1-8(13)11-9(2)14-12(17-11)10-7-15(3)5-6-16(10)4/h8,10H,5-7,13H2,1-4H3. The van der Waals surface area contributed by atoms with E-state index in [0.29, 0.717) is 6.04 Å². The number of aromatic nitrogens is 1. The van der Waals surface area contributed by atoms with Gasteiger partial charge in [-0.2, -0.15) is 0 Å². The van der Waals surface area contributed by atoms with Gasteiger partial charge in [0.1, 0.15) is 5.01 Å². The van der Waals surface area contributed by atoms with Gasteiger partial charge in [-0.1, -0.05) is 0 Å². The quantitative estimate of drug-likeness (QED) is 0.866. The van der Waals surface area contributed by atoms with E-state index in [1.807, 2.05) is 6.92 Å². The number of hydrogen-bond donors (Lipinski definition) is 1. The molecule has 0 radical (unpaired) electrons. The van der Waals surface area contributed by atoms with Crippen molar-refractivity contribution in [3.8, 4) is 0 Å². The fourth-order valence-corrected chi connectivity index (χ4v) is 3.45. The van der Waals surface area contributed by atoms with Gasteiger partial charge >= 0.3 is 0 Å². The predicted octanol–water partition coefficient (Wildman–Crippen LogP) is 1.39. The summed E-state index contributed by atoms with van der Waals surface area (Å²) >= 11 is 1.78. The minimum absolute atomic E-state index is 0.0906. The second kappa shape index (κ2) is 5.02. The highest BCUT2D eigenvalue weighted by molar-refractivity contribution is 7.11. The normalized spacial score (nSPS) is 25.1. The molecule has 0 saturated carbocycles. The van der Waals surface area contributed by atoms with Crippen molar-refractivity contribution >= 4 is 11.3 Å². The summed E-state index contributed by atoms with van der Waals surface area (Å²) in [6.45, 7) is 7.39. The number of nitrogens with zero attached hydrogens (tertiary/aromatic N) is 3. The Hall–Kier alpha value is -0.490. The highest BCUT2D eigenvalue weighted by Crippen LogP contribution is 2.31. The van der Waals surface area contributed by atoms with E-state index in [2.05, 4.69) is 30.8 Å². The summed E-state index contributed by atoms with van der Waals surface area (Å²) < 4.78 is 0. The summed E-state index contributed by atoms with van der Waals surface area (Å²) in [5.74, 6) is 0. The van der Waals surface area contributed by atoms with Crippen LogP contribution >= 0.6 is 11.3 Å². The summed E-state index contributed by atoms with van der Waals surface area (Å²) in [6.07, 6.45) is 0. The number of rotatable bonds is 2. The lowest BCUT2D eigenvalue weighted by molar-refractivity contribution is 0.115. The Morgan fingerprint density at radius 3 is 2.71 bits per heavy atom. The Bertz CT molecular complexity index is 388.